The number of ketones is 1. The number of nitriles is 1. The van der Waals surface area contributed by atoms with Gasteiger partial charge in [0.15, 0.2) is 12.4 Å². The Morgan fingerprint density at radius 2 is 1.64 bits per heavy atom. The lowest BCUT2D eigenvalue weighted by Gasteiger charge is -2.18. The Hall–Kier alpha value is -3.39. The molecule has 0 aromatic heterocycles. The van der Waals surface area contributed by atoms with Crippen LogP contribution in [0.5, 0.6) is 5.75 Å². The van der Waals surface area contributed by atoms with Crippen LogP contribution in [0.1, 0.15) is 42.3 Å². The maximum absolute atomic E-state index is 12.3. The number of rotatable bonds is 6. The van der Waals surface area contributed by atoms with Crippen molar-refractivity contribution >= 4 is 17.8 Å². The Morgan fingerprint density at radius 1 is 1.04 bits per heavy atom. The van der Waals surface area contributed by atoms with Crippen molar-refractivity contribution in [1.29, 1.82) is 5.26 Å². The Kier molecular flexibility index (Phi) is 6.73. The SMILES string of the molecule is COc1ccc(/C=C(\C#N)C(=O)OCC(=O)c2ccc(C(C)(C)C)cc2)cc1. The first-order chi connectivity index (χ1) is 13.2. The van der Waals surface area contributed by atoms with Crippen molar-refractivity contribution in [3.8, 4) is 11.8 Å². The quantitative estimate of drug-likeness (QED) is 0.324. The smallest absolute Gasteiger partial charge is 0.349 e. The van der Waals surface area contributed by atoms with E-state index >= 15 is 0 Å². The van der Waals surface area contributed by atoms with E-state index in [0.717, 1.165) is 5.56 Å². The second-order valence-corrected chi connectivity index (χ2v) is 7.27. The molecule has 2 aromatic carbocycles. The van der Waals surface area contributed by atoms with Gasteiger partial charge in [0.1, 0.15) is 17.4 Å². The number of carbonyl (C=O) groups is 2. The summed E-state index contributed by atoms with van der Waals surface area (Å²) in [6.45, 7) is 5.84. The van der Waals surface area contributed by atoms with Gasteiger partial charge in [-0.1, -0.05) is 57.2 Å². The molecule has 0 fully saturated rings. The molecule has 2 rings (SSSR count). The molecule has 0 atom stereocenters. The third-order valence-corrected chi connectivity index (χ3v) is 4.17. The van der Waals surface area contributed by atoms with Gasteiger partial charge in [-0.2, -0.15) is 5.26 Å². The van der Waals surface area contributed by atoms with E-state index in [1.54, 1.807) is 43.5 Å². The van der Waals surface area contributed by atoms with Gasteiger partial charge in [-0.15, -0.1) is 0 Å². The van der Waals surface area contributed by atoms with Gasteiger partial charge < -0.3 is 9.47 Å². The molecule has 0 heterocycles. The minimum atomic E-state index is -0.835. The Bertz CT molecular complexity index is 911. The molecule has 0 aliphatic rings. The molecule has 0 aliphatic heterocycles. The summed E-state index contributed by atoms with van der Waals surface area (Å²) in [6.07, 6.45) is 1.41. The third-order valence-electron chi connectivity index (χ3n) is 4.17. The molecule has 28 heavy (non-hydrogen) atoms. The lowest BCUT2D eigenvalue weighted by molar-refractivity contribution is -0.137. The molecule has 2 aromatic rings. The summed E-state index contributed by atoms with van der Waals surface area (Å²) in [7, 11) is 1.55. The number of benzene rings is 2. The van der Waals surface area contributed by atoms with Gasteiger partial charge >= 0.3 is 5.97 Å². The van der Waals surface area contributed by atoms with Crippen LogP contribution < -0.4 is 4.74 Å². The van der Waals surface area contributed by atoms with Crippen LogP contribution in [-0.4, -0.2) is 25.5 Å². The first kappa shape index (κ1) is 20.9. The largest absolute Gasteiger partial charge is 0.497 e. The summed E-state index contributed by atoms with van der Waals surface area (Å²) in [4.78, 5) is 24.4. The molecular formula is C23H23NO4. The fourth-order valence-corrected chi connectivity index (χ4v) is 2.45. The van der Waals surface area contributed by atoms with Gasteiger partial charge in [-0.3, -0.25) is 4.79 Å². The first-order valence-electron chi connectivity index (χ1n) is 8.81. The van der Waals surface area contributed by atoms with Gasteiger partial charge in [0.05, 0.1) is 7.11 Å². The molecule has 0 bridgehead atoms. The Balaban J connectivity index is 2.01. The van der Waals surface area contributed by atoms with Crippen LogP contribution in [-0.2, 0) is 14.9 Å². The average molecular weight is 377 g/mol. The van der Waals surface area contributed by atoms with Gasteiger partial charge in [-0.25, -0.2) is 4.79 Å². The van der Waals surface area contributed by atoms with Crippen molar-refractivity contribution in [2.75, 3.05) is 13.7 Å². The predicted octanol–water partition coefficient (Wildman–Crippen LogP) is 4.33. The Labute approximate surface area is 165 Å². The number of hydrogen-bond donors (Lipinski definition) is 0. The fraction of sp³-hybridized carbons (Fsp3) is 0.261. The summed E-state index contributed by atoms with van der Waals surface area (Å²) >= 11 is 0. The summed E-state index contributed by atoms with van der Waals surface area (Å²) < 4.78 is 10.1. The van der Waals surface area contributed by atoms with E-state index in [4.69, 9.17) is 9.47 Å². The monoisotopic (exact) mass is 377 g/mol. The van der Waals surface area contributed by atoms with Crippen LogP contribution in [0.25, 0.3) is 6.08 Å². The van der Waals surface area contributed by atoms with Gasteiger partial charge in [-0.05, 0) is 34.8 Å². The number of hydrogen-bond acceptors (Lipinski definition) is 5. The minimum Gasteiger partial charge on any atom is -0.497 e. The molecule has 0 unspecified atom stereocenters. The van der Waals surface area contributed by atoms with Crippen molar-refractivity contribution in [3.05, 3.63) is 70.8 Å². The van der Waals surface area contributed by atoms with Crippen LogP contribution in [0.3, 0.4) is 0 Å². The van der Waals surface area contributed by atoms with E-state index in [2.05, 4.69) is 20.8 Å². The molecule has 0 N–H and O–H groups in total. The van der Waals surface area contributed by atoms with Crippen LogP contribution in [0, 0.1) is 11.3 Å². The first-order valence-corrected chi connectivity index (χ1v) is 8.81. The zero-order valence-corrected chi connectivity index (χ0v) is 16.5. The number of Topliss-reactive ketones (excluding diaryl/α,β-unsaturated/α-hetero) is 1. The molecule has 0 amide bonds. The van der Waals surface area contributed by atoms with Crippen LogP contribution in [0.2, 0.25) is 0 Å². The molecule has 144 valence electrons. The van der Waals surface area contributed by atoms with Gasteiger partial charge in [0.2, 0.25) is 0 Å². The minimum absolute atomic E-state index is 0.0119. The highest BCUT2D eigenvalue weighted by Crippen LogP contribution is 2.22. The average Bonchev–Trinajstić information content (AvgIpc) is 2.69. The number of nitrogens with zero attached hydrogens (tertiary/aromatic N) is 1. The van der Waals surface area contributed by atoms with Crippen LogP contribution >= 0.6 is 0 Å². The van der Waals surface area contributed by atoms with Crippen molar-refractivity contribution in [1.82, 2.24) is 0 Å². The topological polar surface area (TPSA) is 76.4 Å². The third kappa shape index (κ3) is 5.55. The van der Waals surface area contributed by atoms with Crippen LogP contribution in [0.4, 0.5) is 0 Å². The summed E-state index contributed by atoms with van der Waals surface area (Å²) in [5.41, 5.74) is 2.02. The maximum Gasteiger partial charge on any atom is 0.349 e. The second-order valence-electron chi connectivity index (χ2n) is 7.27. The normalized spacial score (nSPS) is 11.5. The van der Waals surface area contributed by atoms with E-state index in [1.807, 2.05) is 18.2 Å². The highest BCUT2D eigenvalue weighted by Gasteiger charge is 2.16. The van der Waals surface area contributed by atoms with Crippen LogP contribution in [0.15, 0.2) is 54.1 Å². The van der Waals surface area contributed by atoms with E-state index in [1.165, 1.54) is 6.08 Å². The zero-order valence-electron chi connectivity index (χ0n) is 16.5. The molecule has 0 radical (unpaired) electrons. The van der Waals surface area contributed by atoms with E-state index in [-0.39, 0.29) is 16.8 Å². The molecule has 0 saturated heterocycles. The number of carbonyl (C=O) groups excluding carboxylic acids is 2. The van der Waals surface area contributed by atoms with Gasteiger partial charge in [0.25, 0.3) is 0 Å². The zero-order chi connectivity index (χ0) is 20.7. The molecule has 0 saturated carbocycles. The lowest BCUT2D eigenvalue weighted by Crippen LogP contribution is -2.16. The summed E-state index contributed by atoms with van der Waals surface area (Å²) in [5, 5.41) is 9.22. The molecule has 0 aliphatic carbocycles. The van der Waals surface area contributed by atoms with Crippen molar-refractivity contribution in [2.45, 2.75) is 26.2 Å². The summed E-state index contributed by atoms with van der Waals surface area (Å²) in [5.74, 6) is -0.491. The highest BCUT2D eigenvalue weighted by atomic mass is 16.5. The van der Waals surface area contributed by atoms with E-state index < -0.39 is 12.6 Å². The number of ether oxygens (including phenoxy) is 2. The molecular weight excluding hydrogens is 354 g/mol. The van der Waals surface area contributed by atoms with Crippen molar-refractivity contribution < 1.29 is 19.1 Å². The highest BCUT2D eigenvalue weighted by molar-refractivity contribution is 6.01. The van der Waals surface area contributed by atoms with E-state index in [0.29, 0.717) is 16.9 Å². The lowest BCUT2D eigenvalue weighted by atomic mass is 9.86. The van der Waals surface area contributed by atoms with Crippen molar-refractivity contribution in [2.24, 2.45) is 0 Å². The maximum atomic E-state index is 12.3. The summed E-state index contributed by atoms with van der Waals surface area (Å²) in [6, 6.07) is 15.9. The van der Waals surface area contributed by atoms with Gasteiger partial charge in [0, 0.05) is 5.56 Å². The molecule has 0 spiro atoms. The molecule has 5 heteroatoms. The van der Waals surface area contributed by atoms with Crippen molar-refractivity contribution in [3.63, 3.8) is 0 Å². The fourth-order valence-electron chi connectivity index (χ4n) is 2.45. The second kappa shape index (κ2) is 9.01. The number of methoxy groups -OCH3 is 1. The molecule has 5 nitrogen and oxygen atoms in total. The number of esters is 1. The Morgan fingerprint density at radius 3 is 2.14 bits per heavy atom. The predicted molar refractivity (Wildman–Crippen MR) is 107 cm³/mol. The van der Waals surface area contributed by atoms with E-state index in [9.17, 15) is 14.9 Å². The standard InChI is InChI=1S/C23H23NO4/c1-23(2,3)19-9-7-17(8-10-19)21(25)15-28-22(26)18(14-24)13-16-5-11-20(27-4)12-6-16/h5-13H,15H2,1-4H3/b18-13+.